The Morgan fingerprint density at radius 3 is 1.10 bits per heavy atom. The summed E-state index contributed by atoms with van der Waals surface area (Å²) in [5, 5.41) is 13.0. The molecule has 0 N–H and O–H groups in total. The van der Waals surface area contributed by atoms with E-state index in [-0.39, 0.29) is 0 Å². The SMILES string of the molecule is c1ccc(-c2cccc(-c3c4ccccc4c(-c4cccc(-c5cc6ccc7cccc8ccc(c5)c6c78)c4)c4ccccc34)c2)cc1. The molecule has 48 heavy (non-hydrogen) atoms. The quantitative estimate of drug-likeness (QED) is 0.138. The highest BCUT2D eigenvalue weighted by Crippen LogP contribution is 2.45. The van der Waals surface area contributed by atoms with Crippen LogP contribution in [0.1, 0.15) is 0 Å². The van der Waals surface area contributed by atoms with E-state index in [4.69, 9.17) is 0 Å². The summed E-state index contributed by atoms with van der Waals surface area (Å²) in [5.41, 5.74) is 9.96. The fourth-order valence-corrected chi connectivity index (χ4v) is 8.01. The van der Waals surface area contributed by atoms with Crippen LogP contribution in [0.4, 0.5) is 0 Å². The van der Waals surface area contributed by atoms with Gasteiger partial charge < -0.3 is 0 Å². The molecule has 0 bridgehead atoms. The van der Waals surface area contributed by atoms with Crippen molar-refractivity contribution in [3.8, 4) is 44.5 Å². The van der Waals surface area contributed by atoms with Crippen LogP contribution in [0.3, 0.4) is 0 Å². The lowest BCUT2D eigenvalue weighted by molar-refractivity contribution is 1.61. The van der Waals surface area contributed by atoms with Crippen molar-refractivity contribution in [2.45, 2.75) is 0 Å². The van der Waals surface area contributed by atoms with Gasteiger partial charge in [-0.1, -0.05) is 158 Å². The lowest BCUT2D eigenvalue weighted by Gasteiger charge is -2.19. The Balaban J connectivity index is 1.18. The van der Waals surface area contributed by atoms with Crippen LogP contribution in [0.2, 0.25) is 0 Å². The Hall–Kier alpha value is -6.24. The van der Waals surface area contributed by atoms with Crippen molar-refractivity contribution in [3.63, 3.8) is 0 Å². The van der Waals surface area contributed by atoms with Gasteiger partial charge in [-0.25, -0.2) is 0 Å². The molecule has 10 aromatic carbocycles. The molecule has 222 valence electrons. The summed E-state index contributed by atoms with van der Waals surface area (Å²) in [6.07, 6.45) is 0. The van der Waals surface area contributed by atoms with E-state index in [9.17, 15) is 0 Å². The van der Waals surface area contributed by atoms with Crippen molar-refractivity contribution in [1.29, 1.82) is 0 Å². The van der Waals surface area contributed by atoms with Gasteiger partial charge in [-0.15, -0.1) is 0 Å². The number of benzene rings is 10. The van der Waals surface area contributed by atoms with E-state index in [1.54, 1.807) is 0 Å². The van der Waals surface area contributed by atoms with Crippen molar-refractivity contribution in [1.82, 2.24) is 0 Å². The fraction of sp³-hybridized carbons (Fsp3) is 0. The topological polar surface area (TPSA) is 0 Å². The molecule has 0 unspecified atom stereocenters. The summed E-state index contributed by atoms with van der Waals surface area (Å²) in [6.45, 7) is 0. The zero-order valence-electron chi connectivity index (χ0n) is 26.3. The molecule has 0 aliphatic carbocycles. The third-order valence-electron chi connectivity index (χ3n) is 10.1. The fourth-order valence-electron chi connectivity index (χ4n) is 8.01. The number of fused-ring (bicyclic) bond motifs is 2. The summed E-state index contributed by atoms with van der Waals surface area (Å²) >= 11 is 0. The van der Waals surface area contributed by atoms with Gasteiger partial charge in [0.1, 0.15) is 0 Å². The molecule has 0 radical (unpaired) electrons. The number of hydrogen-bond acceptors (Lipinski definition) is 0. The van der Waals surface area contributed by atoms with Gasteiger partial charge in [0.25, 0.3) is 0 Å². The molecule has 0 aliphatic heterocycles. The molecule has 0 saturated carbocycles. The molecule has 0 heteroatoms. The molecular formula is C48H30. The van der Waals surface area contributed by atoms with Crippen LogP contribution in [-0.4, -0.2) is 0 Å². The Morgan fingerprint density at radius 1 is 0.208 bits per heavy atom. The first-order valence-electron chi connectivity index (χ1n) is 16.7. The van der Waals surface area contributed by atoms with Crippen LogP contribution in [0.25, 0.3) is 98.4 Å². The molecule has 10 rings (SSSR count). The lowest BCUT2D eigenvalue weighted by atomic mass is 9.84. The normalized spacial score (nSPS) is 11.8. The van der Waals surface area contributed by atoms with Crippen LogP contribution >= 0.6 is 0 Å². The number of hydrogen-bond donors (Lipinski definition) is 0. The Labute approximate surface area is 279 Å². The van der Waals surface area contributed by atoms with E-state index < -0.39 is 0 Å². The molecule has 0 spiro atoms. The van der Waals surface area contributed by atoms with Gasteiger partial charge in [-0.2, -0.15) is 0 Å². The van der Waals surface area contributed by atoms with E-state index in [0.29, 0.717) is 0 Å². The standard InChI is InChI=1S/C48H30/c1-2-11-31(12-3-1)34-15-9-17-36(27-34)47-41-19-4-6-21-43(41)48(44-22-7-5-20-42(44)47)37-18-10-16-35(28-37)40-29-38-25-23-32-13-8-14-33-24-26-39(30-40)46(38)45(32)33/h1-30H. The van der Waals surface area contributed by atoms with Crippen LogP contribution in [-0.2, 0) is 0 Å². The van der Waals surface area contributed by atoms with Crippen LogP contribution < -0.4 is 0 Å². The molecule has 0 amide bonds. The molecule has 0 fully saturated rings. The van der Waals surface area contributed by atoms with Gasteiger partial charge in [0.2, 0.25) is 0 Å². The van der Waals surface area contributed by atoms with Crippen LogP contribution in [0, 0.1) is 0 Å². The molecule has 0 atom stereocenters. The van der Waals surface area contributed by atoms with Crippen LogP contribution in [0.5, 0.6) is 0 Å². The van der Waals surface area contributed by atoms with Gasteiger partial charge in [-0.3, -0.25) is 0 Å². The first-order valence-corrected chi connectivity index (χ1v) is 16.7. The summed E-state index contributed by atoms with van der Waals surface area (Å²) in [5.74, 6) is 0. The van der Waals surface area contributed by atoms with Crippen molar-refractivity contribution in [2.75, 3.05) is 0 Å². The van der Waals surface area contributed by atoms with Crippen LogP contribution in [0.15, 0.2) is 182 Å². The predicted molar refractivity (Wildman–Crippen MR) is 207 cm³/mol. The van der Waals surface area contributed by atoms with Crippen molar-refractivity contribution >= 4 is 53.9 Å². The second kappa shape index (κ2) is 10.7. The summed E-state index contributed by atoms with van der Waals surface area (Å²) < 4.78 is 0. The third kappa shape index (κ3) is 4.16. The predicted octanol–water partition coefficient (Wildman–Crippen LogP) is 13.6. The van der Waals surface area contributed by atoms with Gasteiger partial charge in [0, 0.05) is 0 Å². The summed E-state index contributed by atoms with van der Waals surface area (Å²) in [7, 11) is 0. The average Bonchev–Trinajstić information content (AvgIpc) is 3.16. The maximum absolute atomic E-state index is 2.39. The molecule has 0 aliphatic rings. The molecule has 0 nitrogen and oxygen atoms in total. The first kappa shape index (κ1) is 26.9. The second-order valence-corrected chi connectivity index (χ2v) is 12.9. The highest BCUT2D eigenvalue weighted by Gasteiger charge is 2.18. The summed E-state index contributed by atoms with van der Waals surface area (Å²) in [6, 6.07) is 67.1. The van der Waals surface area contributed by atoms with Crippen molar-refractivity contribution in [2.24, 2.45) is 0 Å². The molecule has 0 aromatic heterocycles. The van der Waals surface area contributed by atoms with Crippen molar-refractivity contribution in [3.05, 3.63) is 182 Å². The highest BCUT2D eigenvalue weighted by atomic mass is 14.2. The monoisotopic (exact) mass is 606 g/mol. The third-order valence-corrected chi connectivity index (χ3v) is 10.1. The molecule has 0 saturated heterocycles. The van der Waals surface area contributed by atoms with E-state index >= 15 is 0 Å². The average molecular weight is 607 g/mol. The zero-order chi connectivity index (χ0) is 31.6. The largest absolute Gasteiger partial charge is 0.0622 e. The van der Waals surface area contributed by atoms with E-state index in [0.717, 1.165) is 0 Å². The molecule has 0 heterocycles. The minimum Gasteiger partial charge on any atom is -0.0622 e. The number of rotatable bonds is 4. The maximum Gasteiger partial charge on any atom is -0.00262 e. The second-order valence-electron chi connectivity index (χ2n) is 12.9. The minimum absolute atomic E-state index is 1.23. The van der Waals surface area contributed by atoms with E-state index in [2.05, 4.69) is 182 Å². The van der Waals surface area contributed by atoms with E-state index in [1.807, 2.05) is 0 Å². The Morgan fingerprint density at radius 2 is 0.583 bits per heavy atom. The van der Waals surface area contributed by atoms with Gasteiger partial charge in [0.15, 0.2) is 0 Å². The van der Waals surface area contributed by atoms with Crippen molar-refractivity contribution < 1.29 is 0 Å². The lowest BCUT2D eigenvalue weighted by Crippen LogP contribution is -1.91. The van der Waals surface area contributed by atoms with Gasteiger partial charge in [-0.05, 0) is 123 Å². The highest BCUT2D eigenvalue weighted by molar-refractivity contribution is 6.24. The maximum atomic E-state index is 2.39. The van der Waals surface area contributed by atoms with E-state index in [1.165, 1.54) is 98.4 Å². The van der Waals surface area contributed by atoms with Gasteiger partial charge in [0.05, 0.1) is 0 Å². The zero-order valence-corrected chi connectivity index (χ0v) is 26.3. The summed E-state index contributed by atoms with van der Waals surface area (Å²) in [4.78, 5) is 0. The minimum atomic E-state index is 1.23. The van der Waals surface area contributed by atoms with Gasteiger partial charge >= 0.3 is 0 Å². The Bertz CT molecular complexity index is 2700. The molecular weight excluding hydrogens is 577 g/mol. The Kier molecular flexibility index (Phi) is 5.98. The smallest absolute Gasteiger partial charge is 0.00262 e. The molecule has 10 aromatic rings. The first-order chi connectivity index (χ1) is 23.8.